The van der Waals surface area contributed by atoms with Gasteiger partial charge in [0.15, 0.2) is 35.5 Å². The first-order valence-electron chi connectivity index (χ1n) is 14.5. The van der Waals surface area contributed by atoms with Gasteiger partial charge in [0.1, 0.15) is 34.1 Å². The lowest BCUT2D eigenvalue weighted by Crippen LogP contribution is -2.44. The maximum atomic E-state index is 12.7. The minimum Gasteiger partial charge on any atom is -0.467 e. The van der Waals surface area contributed by atoms with Crippen molar-refractivity contribution in [1.29, 1.82) is 0 Å². The molecule has 0 saturated heterocycles. The number of methoxy groups -OCH3 is 6. The van der Waals surface area contributed by atoms with E-state index >= 15 is 0 Å². The van der Waals surface area contributed by atoms with Gasteiger partial charge in [-0.1, -0.05) is 20.8 Å². The van der Waals surface area contributed by atoms with E-state index in [1.807, 2.05) is 0 Å². The molecule has 13 nitrogen and oxygen atoms in total. The molecule has 46 heavy (non-hydrogen) atoms. The van der Waals surface area contributed by atoms with E-state index in [1.54, 1.807) is 24.3 Å². The summed E-state index contributed by atoms with van der Waals surface area (Å²) in [7, 11) is 5.99. The molecular weight excluding hydrogens is 620 g/mol. The van der Waals surface area contributed by atoms with E-state index in [4.69, 9.17) is 51.8 Å². The van der Waals surface area contributed by atoms with E-state index in [-0.39, 0.29) is 72.9 Å². The van der Waals surface area contributed by atoms with Gasteiger partial charge in [-0.05, 0) is 59.4 Å². The summed E-state index contributed by atoms with van der Waals surface area (Å²) in [6.07, 6.45) is 0.597. The lowest BCUT2D eigenvalue weighted by atomic mass is 10.1. The van der Waals surface area contributed by atoms with E-state index in [9.17, 15) is 9.59 Å². The molecular formula is C32H48O13Si. The smallest absolute Gasteiger partial charge is 0.345 e. The predicted molar refractivity (Wildman–Crippen MR) is 170 cm³/mol. The monoisotopic (exact) mass is 668 g/mol. The van der Waals surface area contributed by atoms with Crippen LogP contribution in [0.25, 0.3) is 0 Å². The highest BCUT2D eigenvalue weighted by atomic mass is 28.4. The molecule has 0 heterocycles. The molecule has 0 aromatic heterocycles. The molecule has 14 heteroatoms. The molecule has 0 spiro atoms. The SMILES string of the molecule is COCOc1cc(CC[Si](C)(OCc2cc(OCOC)c(C(=O)OC)c(OCOC)c2)C(C)(C)C)cc(OCOC)c1C(=O)OC. The van der Waals surface area contributed by atoms with Crippen LogP contribution in [0.4, 0.5) is 0 Å². The van der Waals surface area contributed by atoms with Gasteiger partial charge in [0.2, 0.25) is 0 Å². The van der Waals surface area contributed by atoms with Crippen molar-refractivity contribution in [2.45, 2.75) is 51.4 Å². The fourth-order valence-electron chi connectivity index (χ4n) is 4.36. The molecule has 2 aromatic carbocycles. The van der Waals surface area contributed by atoms with Crippen molar-refractivity contribution in [3.05, 3.63) is 46.5 Å². The molecule has 0 aliphatic rings. The van der Waals surface area contributed by atoms with Gasteiger partial charge in [0, 0.05) is 28.4 Å². The molecule has 2 aromatic rings. The third-order valence-corrected chi connectivity index (χ3v) is 12.6. The van der Waals surface area contributed by atoms with Crippen molar-refractivity contribution >= 4 is 20.3 Å². The van der Waals surface area contributed by atoms with Crippen LogP contribution in [0.3, 0.4) is 0 Å². The van der Waals surface area contributed by atoms with Crippen LogP contribution in [0.1, 0.15) is 52.6 Å². The Balaban J connectivity index is 2.46. The number of hydrogen-bond donors (Lipinski definition) is 0. The van der Waals surface area contributed by atoms with Crippen LogP contribution in [0.5, 0.6) is 23.0 Å². The molecule has 1 unspecified atom stereocenters. The summed E-state index contributed by atoms with van der Waals surface area (Å²) in [5.74, 6) is -0.220. The van der Waals surface area contributed by atoms with Gasteiger partial charge in [0.25, 0.3) is 0 Å². The predicted octanol–water partition coefficient (Wildman–Crippen LogP) is 5.33. The lowest BCUT2D eigenvalue weighted by molar-refractivity contribution is 0.0387. The molecule has 258 valence electrons. The Morgan fingerprint density at radius 1 is 0.609 bits per heavy atom. The van der Waals surface area contributed by atoms with E-state index in [2.05, 4.69) is 27.3 Å². The highest BCUT2D eigenvalue weighted by molar-refractivity contribution is 6.75. The molecule has 0 aliphatic heterocycles. The van der Waals surface area contributed by atoms with Crippen LogP contribution >= 0.6 is 0 Å². The topological polar surface area (TPSA) is 136 Å². The number of rotatable bonds is 20. The van der Waals surface area contributed by atoms with E-state index < -0.39 is 20.3 Å². The quantitative estimate of drug-likeness (QED) is 0.102. The third kappa shape index (κ3) is 10.6. The van der Waals surface area contributed by atoms with Crippen LogP contribution in [0.15, 0.2) is 24.3 Å². The zero-order valence-corrected chi connectivity index (χ0v) is 29.6. The van der Waals surface area contributed by atoms with Crippen LogP contribution in [0.2, 0.25) is 17.6 Å². The Bertz CT molecular complexity index is 1130. The maximum absolute atomic E-state index is 12.7. The zero-order valence-electron chi connectivity index (χ0n) is 28.6. The second-order valence-electron chi connectivity index (χ2n) is 11.4. The molecule has 1 atom stereocenters. The molecule has 2 rings (SSSR count). The minimum absolute atomic E-state index is 0.0737. The lowest BCUT2D eigenvalue weighted by Gasteiger charge is -2.39. The molecule has 0 amide bonds. The fourth-order valence-corrected chi connectivity index (χ4v) is 6.94. The minimum atomic E-state index is -2.52. The normalized spacial score (nSPS) is 12.7. The maximum Gasteiger partial charge on any atom is 0.345 e. The molecule has 0 saturated carbocycles. The Kier molecular flexibility index (Phi) is 15.7. The van der Waals surface area contributed by atoms with E-state index in [0.29, 0.717) is 12.5 Å². The second kappa shape index (κ2) is 18.7. The zero-order chi connectivity index (χ0) is 34.3. The van der Waals surface area contributed by atoms with Gasteiger partial charge >= 0.3 is 11.9 Å². The number of carbonyl (C=O) groups is 2. The number of ether oxygens (including phenoxy) is 10. The Labute approximate surface area is 272 Å². The van der Waals surface area contributed by atoms with Gasteiger partial charge < -0.3 is 51.8 Å². The van der Waals surface area contributed by atoms with Crippen LogP contribution in [-0.4, -0.2) is 90.1 Å². The standard InChI is InChI=1S/C32H48O13Si/c1-32(2,3)46(10,12-11-22-13-24(41-18-35-4)28(30(33)39-8)25(14-22)42-19-36-5)45-17-23-15-26(43-20-37-6)29(31(34)40-9)27(16-23)44-21-38-7/h13-16H,11-12,17-21H2,1-10H3. The highest BCUT2D eigenvalue weighted by Gasteiger charge is 2.42. The van der Waals surface area contributed by atoms with Crippen molar-refractivity contribution in [2.24, 2.45) is 0 Å². The van der Waals surface area contributed by atoms with Crippen molar-refractivity contribution in [3.8, 4) is 23.0 Å². The van der Waals surface area contributed by atoms with Crippen molar-refractivity contribution in [1.82, 2.24) is 0 Å². The highest BCUT2D eigenvalue weighted by Crippen LogP contribution is 2.42. The first kappa shape index (κ1) is 38.8. The number of esters is 2. The second-order valence-corrected chi connectivity index (χ2v) is 16.1. The average Bonchev–Trinajstić information content (AvgIpc) is 3.04. The van der Waals surface area contributed by atoms with Crippen LogP contribution in [-0.2, 0) is 45.9 Å². The van der Waals surface area contributed by atoms with Gasteiger partial charge in [-0.2, -0.15) is 0 Å². The average molecular weight is 669 g/mol. The first-order chi connectivity index (χ1) is 21.9. The number of benzene rings is 2. The molecule has 0 fully saturated rings. The van der Waals surface area contributed by atoms with Gasteiger partial charge in [-0.15, -0.1) is 0 Å². The summed E-state index contributed by atoms with van der Waals surface area (Å²) in [4.78, 5) is 25.3. The third-order valence-electron chi connectivity index (χ3n) is 7.39. The van der Waals surface area contributed by atoms with E-state index in [1.165, 1.54) is 42.7 Å². The largest absolute Gasteiger partial charge is 0.467 e. The summed E-state index contributed by atoms with van der Waals surface area (Å²) in [6, 6.07) is 7.71. The number of hydrogen-bond acceptors (Lipinski definition) is 13. The number of carbonyl (C=O) groups excluding carboxylic acids is 2. The van der Waals surface area contributed by atoms with Crippen LogP contribution < -0.4 is 18.9 Å². The summed E-state index contributed by atoms with van der Waals surface area (Å²) >= 11 is 0. The van der Waals surface area contributed by atoms with Crippen molar-refractivity contribution in [2.75, 3.05) is 69.8 Å². The first-order valence-corrected chi connectivity index (χ1v) is 17.1. The number of aryl methyl sites for hydroxylation is 1. The summed E-state index contributed by atoms with van der Waals surface area (Å²) in [5, 5.41) is -0.180. The van der Waals surface area contributed by atoms with Gasteiger partial charge in [-0.3, -0.25) is 0 Å². The Morgan fingerprint density at radius 2 is 0.957 bits per heavy atom. The fraction of sp³-hybridized carbons (Fsp3) is 0.562. The molecule has 0 N–H and O–H groups in total. The summed E-state index contributed by atoms with van der Waals surface area (Å²) in [6.45, 7) is 8.53. The molecule has 0 radical (unpaired) electrons. The van der Waals surface area contributed by atoms with Crippen molar-refractivity contribution < 1.29 is 61.4 Å². The Hall–Kier alpha value is -3.40. The molecule has 0 bridgehead atoms. The van der Waals surface area contributed by atoms with Crippen molar-refractivity contribution in [3.63, 3.8) is 0 Å². The Morgan fingerprint density at radius 3 is 1.26 bits per heavy atom. The summed E-state index contributed by atoms with van der Waals surface area (Å²) < 4.78 is 60.0. The van der Waals surface area contributed by atoms with Crippen LogP contribution in [0, 0.1) is 0 Å². The van der Waals surface area contributed by atoms with Gasteiger partial charge in [-0.25, -0.2) is 9.59 Å². The molecule has 0 aliphatic carbocycles. The summed E-state index contributed by atoms with van der Waals surface area (Å²) in [5.41, 5.74) is 1.84. The van der Waals surface area contributed by atoms with Gasteiger partial charge in [0.05, 0.1) is 20.8 Å². The van der Waals surface area contributed by atoms with E-state index in [0.717, 1.165) is 11.1 Å².